The Morgan fingerprint density at radius 1 is 1.35 bits per heavy atom. The normalized spacial score (nSPS) is 11.5. The van der Waals surface area contributed by atoms with Crippen molar-refractivity contribution < 1.29 is 4.42 Å². The Hall–Kier alpha value is -1.86. The average molecular weight is 351 g/mol. The fraction of sp³-hybridized carbons (Fsp3) is 0.333. The van der Waals surface area contributed by atoms with E-state index in [0.29, 0.717) is 38.6 Å². The van der Waals surface area contributed by atoms with Gasteiger partial charge in [0.1, 0.15) is 0 Å². The van der Waals surface area contributed by atoms with Crippen LogP contribution in [-0.2, 0) is 5.75 Å². The fourth-order valence-corrected chi connectivity index (χ4v) is 3.36. The smallest absolute Gasteiger partial charge is 0.262 e. The highest BCUT2D eigenvalue weighted by Gasteiger charge is 2.15. The van der Waals surface area contributed by atoms with Gasteiger partial charge in [0.25, 0.3) is 5.56 Å². The zero-order valence-corrected chi connectivity index (χ0v) is 14.5. The van der Waals surface area contributed by atoms with Gasteiger partial charge in [0.05, 0.1) is 16.7 Å². The molecule has 0 aliphatic rings. The molecule has 0 N–H and O–H groups in total. The third-order valence-corrected chi connectivity index (χ3v) is 4.41. The summed E-state index contributed by atoms with van der Waals surface area (Å²) in [5.74, 6) is 1.47. The lowest BCUT2D eigenvalue weighted by Gasteiger charge is -2.15. The van der Waals surface area contributed by atoms with Crippen molar-refractivity contribution in [1.29, 1.82) is 0 Å². The van der Waals surface area contributed by atoms with Crippen LogP contribution in [0.4, 0.5) is 0 Å². The third kappa shape index (κ3) is 3.25. The van der Waals surface area contributed by atoms with Crippen molar-refractivity contribution in [1.82, 2.24) is 19.7 Å². The fourth-order valence-electron chi connectivity index (χ4n) is 2.23. The number of hydrogen-bond acceptors (Lipinski definition) is 6. The first-order valence-electron chi connectivity index (χ1n) is 7.09. The largest absolute Gasteiger partial charge is 0.425 e. The highest BCUT2D eigenvalue weighted by atomic mass is 35.5. The van der Waals surface area contributed by atoms with Gasteiger partial charge in [0, 0.05) is 18.0 Å². The van der Waals surface area contributed by atoms with Crippen LogP contribution < -0.4 is 5.56 Å². The summed E-state index contributed by atoms with van der Waals surface area (Å²) in [5.41, 5.74) is 0.509. The average Bonchev–Trinajstić information content (AvgIpc) is 2.90. The number of nitrogens with zero attached hydrogens (tertiary/aromatic N) is 4. The van der Waals surface area contributed by atoms with Crippen molar-refractivity contribution in [2.24, 2.45) is 0 Å². The molecule has 0 saturated carbocycles. The topological polar surface area (TPSA) is 73.8 Å². The number of fused-ring (bicyclic) bond motifs is 1. The molecule has 0 saturated heterocycles. The lowest BCUT2D eigenvalue weighted by molar-refractivity contribution is 0.484. The quantitative estimate of drug-likeness (QED) is 0.528. The Balaban J connectivity index is 2.06. The van der Waals surface area contributed by atoms with E-state index < -0.39 is 0 Å². The molecular weight excluding hydrogens is 336 g/mol. The van der Waals surface area contributed by atoms with Gasteiger partial charge in [-0.1, -0.05) is 23.4 Å². The van der Waals surface area contributed by atoms with E-state index in [2.05, 4.69) is 15.2 Å². The molecule has 0 aliphatic heterocycles. The Bertz CT molecular complexity index is 919. The Morgan fingerprint density at radius 2 is 2.13 bits per heavy atom. The van der Waals surface area contributed by atoms with E-state index in [0.717, 1.165) is 0 Å². The summed E-state index contributed by atoms with van der Waals surface area (Å²) in [6.45, 7) is 5.64. The van der Waals surface area contributed by atoms with Crippen molar-refractivity contribution in [3.8, 4) is 0 Å². The molecule has 1 aromatic carbocycles. The van der Waals surface area contributed by atoms with E-state index in [9.17, 15) is 4.79 Å². The van der Waals surface area contributed by atoms with Crippen molar-refractivity contribution in [2.45, 2.75) is 37.7 Å². The zero-order valence-electron chi connectivity index (χ0n) is 12.9. The second-order valence-electron chi connectivity index (χ2n) is 5.33. The van der Waals surface area contributed by atoms with Crippen LogP contribution in [0.15, 0.2) is 32.6 Å². The van der Waals surface area contributed by atoms with E-state index in [1.807, 2.05) is 13.8 Å². The Labute approximate surface area is 141 Å². The third-order valence-electron chi connectivity index (χ3n) is 3.24. The second kappa shape index (κ2) is 6.33. The van der Waals surface area contributed by atoms with E-state index in [1.54, 1.807) is 29.7 Å². The second-order valence-corrected chi connectivity index (χ2v) is 6.71. The molecule has 0 aliphatic carbocycles. The summed E-state index contributed by atoms with van der Waals surface area (Å²) in [7, 11) is 0. The molecule has 6 nitrogen and oxygen atoms in total. The number of aryl methyl sites for hydroxylation is 1. The van der Waals surface area contributed by atoms with Crippen LogP contribution in [0.1, 0.15) is 31.7 Å². The van der Waals surface area contributed by atoms with Crippen molar-refractivity contribution >= 4 is 34.3 Å². The van der Waals surface area contributed by atoms with Crippen LogP contribution >= 0.6 is 23.4 Å². The highest BCUT2D eigenvalue weighted by molar-refractivity contribution is 7.98. The summed E-state index contributed by atoms with van der Waals surface area (Å²) in [6, 6.07) is 5.10. The monoisotopic (exact) mass is 350 g/mol. The highest BCUT2D eigenvalue weighted by Crippen LogP contribution is 2.25. The molecule has 0 radical (unpaired) electrons. The molecule has 0 fully saturated rings. The minimum Gasteiger partial charge on any atom is -0.425 e. The van der Waals surface area contributed by atoms with E-state index in [4.69, 9.17) is 16.0 Å². The molecule has 0 spiro atoms. The van der Waals surface area contributed by atoms with Gasteiger partial charge >= 0.3 is 0 Å². The molecule has 2 aromatic heterocycles. The first-order chi connectivity index (χ1) is 11.0. The van der Waals surface area contributed by atoms with E-state index >= 15 is 0 Å². The predicted molar refractivity (Wildman–Crippen MR) is 90.0 cm³/mol. The molecule has 0 amide bonds. The summed E-state index contributed by atoms with van der Waals surface area (Å²) >= 11 is 7.40. The van der Waals surface area contributed by atoms with E-state index in [1.165, 1.54) is 11.8 Å². The maximum Gasteiger partial charge on any atom is 0.262 e. The van der Waals surface area contributed by atoms with Crippen molar-refractivity contribution in [2.75, 3.05) is 0 Å². The molecule has 120 valence electrons. The summed E-state index contributed by atoms with van der Waals surface area (Å²) in [6.07, 6.45) is 0. The van der Waals surface area contributed by atoms with Crippen molar-refractivity contribution in [3.05, 3.63) is 45.4 Å². The molecule has 0 bridgehead atoms. The first kappa shape index (κ1) is 16.0. The van der Waals surface area contributed by atoms with Gasteiger partial charge in [-0.3, -0.25) is 9.36 Å². The van der Waals surface area contributed by atoms with Crippen LogP contribution in [0.2, 0.25) is 5.02 Å². The number of rotatable bonds is 4. The summed E-state index contributed by atoms with van der Waals surface area (Å²) < 4.78 is 7.03. The van der Waals surface area contributed by atoms with Crippen LogP contribution in [0.5, 0.6) is 0 Å². The molecule has 23 heavy (non-hydrogen) atoms. The Morgan fingerprint density at radius 3 is 2.78 bits per heavy atom. The standard InChI is InChI=1S/C15H15ClN4O2S/c1-8(2)20-14(21)11-5-4-10(16)6-12(11)17-15(20)23-7-13-19-18-9(3)22-13/h4-6,8H,7H2,1-3H3. The van der Waals surface area contributed by atoms with Crippen LogP contribution in [0.25, 0.3) is 10.9 Å². The number of thioether (sulfide) groups is 1. The molecular formula is C15H15ClN4O2S. The van der Waals surface area contributed by atoms with Gasteiger partial charge in [-0.15, -0.1) is 10.2 Å². The molecule has 8 heteroatoms. The Kier molecular flexibility index (Phi) is 4.41. The van der Waals surface area contributed by atoms with Gasteiger partial charge in [0.2, 0.25) is 11.8 Å². The molecule has 0 atom stereocenters. The number of hydrogen-bond donors (Lipinski definition) is 0. The van der Waals surface area contributed by atoms with Gasteiger partial charge in [-0.25, -0.2) is 4.98 Å². The van der Waals surface area contributed by atoms with Crippen LogP contribution in [0, 0.1) is 6.92 Å². The minimum absolute atomic E-state index is 0.0120. The molecule has 0 unspecified atom stereocenters. The maximum absolute atomic E-state index is 12.7. The molecule has 2 heterocycles. The van der Waals surface area contributed by atoms with Crippen LogP contribution in [0.3, 0.4) is 0 Å². The van der Waals surface area contributed by atoms with Gasteiger partial charge in [-0.2, -0.15) is 0 Å². The van der Waals surface area contributed by atoms with E-state index in [-0.39, 0.29) is 11.6 Å². The summed E-state index contributed by atoms with van der Waals surface area (Å²) in [5, 5.41) is 9.47. The number of aromatic nitrogens is 4. The first-order valence-corrected chi connectivity index (χ1v) is 8.45. The number of halogens is 1. The van der Waals surface area contributed by atoms with Gasteiger partial charge in [-0.05, 0) is 32.0 Å². The van der Waals surface area contributed by atoms with Gasteiger partial charge in [0.15, 0.2) is 5.16 Å². The predicted octanol–water partition coefficient (Wildman–Crippen LogP) is 3.61. The lowest BCUT2D eigenvalue weighted by atomic mass is 10.2. The maximum atomic E-state index is 12.7. The molecule has 3 rings (SSSR count). The molecule has 3 aromatic rings. The number of benzene rings is 1. The SMILES string of the molecule is Cc1nnc(CSc2nc3cc(Cl)ccc3c(=O)n2C(C)C)o1. The van der Waals surface area contributed by atoms with Crippen LogP contribution in [-0.4, -0.2) is 19.7 Å². The van der Waals surface area contributed by atoms with Crippen molar-refractivity contribution in [3.63, 3.8) is 0 Å². The lowest BCUT2D eigenvalue weighted by Crippen LogP contribution is -2.25. The zero-order chi connectivity index (χ0) is 16.6. The van der Waals surface area contributed by atoms with Gasteiger partial charge < -0.3 is 4.42 Å². The summed E-state index contributed by atoms with van der Waals surface area (Å²) in [4.78, 5) is 17.3. The minimum atomic E-state index is -0.0779.